The van der Waals surface area contributed by atoms with Gasteiger partial charge in [-0.25, -0.2) is 8.42 Å². The first-order chi connectivity index (χ1) is 15.0. The summed E-state index contributed by atoms with van der Waals surface area (Å²) in [6.45, 7) is 0.915. The van der Waals surface area contributed by atoms with Crippen LogP contribution in [0.15, 0.2) is 47.4 Å². The fourth-order valence-corrected chi connectivity index (χ4v) is 5.61. The summed E-state index contributed by atoms with van der Waals surface area (Å²) < 4.78 is 33.1. The van der Waals surface area contributed by atoms with E-state index in [1.807, 2.05) is 12.1 Å². The second kappa shape index (κ2) is 9.20. The number of rotatable bonds is 6. The third-order valence-corrected chi connectivity index (χ3v) is 7.84. The second-order valence-electron chi connectivity index (χ2n) is 7.87. The van der Waals surface area contributed by atoms with Gasteiger partial charge in [-0.05, 0) is 61.1 Å². The number of amides is 1. The number of piperazine rings is 1. The van der Waals surface area contributed by atoms with Crippen molar-refractivity contribution in [3.63, 3.8) is 0 Å². The minimum Gasteiger partial charge on any atom is -0.483 e. The van der Waals surface area contributed by atoms with Crippen molar-refractivity contribution in [1.82, 2.24) is 9.21 Å². The highest BCUT2D eigenvalue weighted by molar-refractivity contribution is 7.89. The fourth-order valence-electron chi connectivity index (χ4n) is 4.14. The molecule has 1 heterocycles. The zero-order valence-corrected chi connectivity index (χ0v) is 18.1. The number of hydrogen-bond donors (Lipinski definition) is 0. The van der Waals surface area contributed by atoms with Gasteiger partial charge in [0, 0.05) is 26.2 Å². The van der Waals surface area contributed by atoms with Crippen LogP contribution in [0.4, 0.5) is 0 Å². The maximum absolute atomic E-state index is 13.1. The van der Waals surface area contributed by atoms with E-state index >= 15 is 0 Å². The Morgan fingerprint density at radius 2 is 1.68 bits per heavy atom. The molecule has 7 nitrogen and oxygen atoms in total. The summed E-state index contributed by atoms with van der Waals surface area (Å²) in [7, 11) is -3.58. The van der Waals surface area contributed by atoms with Crippen LogP contribution in [0.5, 0.6) is 5.75 Å². The predicted octanol–water partition coefficient (Wildman–Crippen LogP) is 2.29. The molecule has 2 aromatic carbocycles. The van der Waals surface area contributed by atoms with E-state index < -0.39 is 10.0 Å². The Bertz CT molecular complexity index is 1080. The summed E-state index contributed by atoms with van der Waals surface area (Å²) in [4.78, 5) is 25.5. The molecule has 0 spiro atoms. The van der Waals surface area contributed by atoms with Gasteiger partial charge in [-0.3, -0.25) is 9.59 Å². The molecule has 1 amide bonds. The van der Waals surface area contributed by atoms with Gasteiger partial charge in [-0.15, -0.1) is 0 Å². The molecule has 0 saturated carbocycles. The molecule has 0 unspecified atom stereocenters. The molecule has 1 fully saturated rings. The molecular weight excluding hydrogens is 416 g/mol. The Kier molecular flexibility index (Phi) is 6.38. The number of sulfonamides is 1. The SMILES string of the molecule is O=Cc1ccccc1OCC(=O)N1CCN(S(=O)(=O)c2ccc3c(c2)CCCC3)CC1. The van der Waals surface area contributed by atoms with Gasteiger partial charge in [-0.2, -0.15) is 4.31 Å². The lowest BCUT2D eigenvalue weighted by molar-refractivity contribution is -0.134. The zero-order valence-electron chi connectivity index (χ0n) is 17.3. The molecule has 0 N–H and O–H groups in total. The van der Waals surface area contributed by atoms with Crippen molar-refractivity contribution >= 4 is 22.2 Å². The van der Waals surface area contributed by atoms with Crippen molar-refractivity contribution < 1.29 is 22.7 Å². The average Bonchev–Trinajstić information content (AvgIpc) is 2.82. The topological polar surface area (TPSA) is 84.0 Å². The monoisotopic (exact) mass is 442 g/mol. The smallest absolute Gasteiger partial charge is 0.260 e. The summed E-state index contributed by atoms with van der Waals surface area (Å²) in [5.41, 5.74) is 2.77. The number of para-hydroxylation sites is 1. The predicted molar refractivity (Wildman–Crippen MR) is 116 cm³/mol. The number of aldehydes is 1. The summed E-state index contributed by atoms with van der Waals surface area (Å²) in [6.07, 6.45) is 4.87. The molecule has 1 saturated heterocycles. The molecule has 31 heavy (non-hydrogen) atoms. The van der Waals surface area contributed by atoms with Crippen LogP contribution < -0.4 is 4.74 Å². The molecule has 0 bridgehead atoms. The first-order valence-corrected chi connectivity index (χ1v) is 12.0. The van der Waals surface area contributed by atoms with Crippen molar-refractivity contribution in [1.29, 1.82) is 0 Å². The normalized spacial score (nSPS) is 17.1. The summed E-state index contributed by atoms with van der Waals surface area (Å²) in [5, 5.41) is 0. The number of ether oxygens (including phenoxy) is 1. The minimum atomic E-state index is -3.58. The molecule has 2 aromatic rings. The van der Waals surface area contributed by atoms with Gasteiger partial charge in [-0.1, -0.05) is 18.2 Å². The van der Waals surface area contributed by atoms with E-state index in [1.54, 1.807) is 35.2 Å². The average molecular weight is 443 g/mol. The van der Waals surface area contributed by atoms with Crippen LogP contribution >= 0.6 is 0 Å². The van der Waals surface area contributed by atoms with E-state index in [1.165, 1.54) is 9.87 Å². The molecule has 0 atom stereocenters. The highest BCUT2D eigenvalue weighted by atomic mass is 32.2. The van der Waals surface area contributed by atoms with Crippen LogP contribution in [0.1, 0.15) is 34.3 Å². The number of hydrogen-bond acceptors (Lipinski definition) is 5. The van der Waals surface area contributed by atoms with Crippen molar-refractivity contribution in [2.75, 3.05) is 32.8 Å². The van der Waals surface area contributed by atoms with Gasteiger partial charge >= 0.3 is 0 Å². The molecule has 2 aliphatic rings. The van der Waals surface area contributed by atoms with Crippen LogP contribution in [0.25, 0.3) is 0 Å². The Hall–Kier alpha value is -2.71. The van der Waals surface area contributed by atoms with Crippen molar-refractivity contribution in [3.05, 3.63) is 59.2 Å². The molecule has 0 radical (unpaired) electrons. The van der Waals surface area contributed by atoms with Gasteiger partial charge in [0.05, 0.1) is 10.5 Å². The lowest BCUT2D eigenvalue weighted by Gasteiger charge is -2.34. The zero-order chi connectivity index (χ0) is 21.8. The standard InChI is InChI=1S/C23H26N2O5S/c26-16-20-7-3-4-8-22(20)30-17-23(27)24-11-13-25(14-12-24)31(28,29)21-10-9-18-5-1-2-6-19(18)15-21/h3-4,7-10,15-16H,1-2,5-6,11-14,17H2. The lowest BCUT2D eigenvalue weighted by atomic mass is 9.92. The Morgan fingerprint density at radius 1 is 0.968 bits per heavy atom. The first kappa shape index (κ1) is 21.5. The molecule has 8 heteroatoms. The maximum Gasteiger partial charge on any atom is 0.260 e. The number of carbonyl (C=O) groups is 2. The van der Waals surface area contributed by atoms with Gasteiger partial charge in [0.2, 0.25) is 10.0 Å². The van der Waals surface area contributed by atoms with Crippen LogP contribution in [-0.4, -0.2) is 62.6 Å². The summed E-state index contributed by atoms with van der Waals surface area (Å²) in [6, 6.07) is 12.2. The van der Waals surface area contributed by atoms with Gasteiger partial charge in [0.25, 0.3) is 5.91 Å². The van der Waals surface area contributed by atoms with E-state index in [4.69, 9.17) is 4.74 Å². The fraction of sp³-hybridized carbons (Fsp3) is 0.391. The molecule has 0 aromatic heterocycles. The largest absolute Gasteiger partial charge is 0.483 e. The number of fused-ring (bicyclic) bond motifs is 1. The second-order valence-corrected chi connectivity index (χ2v) is 9.80. The van der Waals surface area contributed by atoms with Crippen LogP contribution in [0.3, 0.4) is 0 Å². The molecule has 4 rings (SSSR count). The minimum absolute atomic E-state index is 0.192. The number of carbonyl (C=O) groups excluding carboxylic acids is 2. The Morgan fingerprint density at radius 3 is 2.42 bits per heavy atom. The lowest BCUT2D eigenvalue weighted by Crippen LogP contribution is -2.51. The van der Waals surface area contributed by atoms with Gasteiger partial charge < -0.3 is 9.64 Å². The van der Waals surface area contributed by atoms with E-state index in [0.717, 1.165) is 31.2 Å². The molecule has 1 aliphatic heterocycles. The summed E-state index contributed by atoms with van der Waals surface area (Å²) in [5.74, 6) is 0.131. The maximum atomic E-state index is 13.1. The highest BCUT2D eigenvalue weighted by Crippen LogP contribution is 2.26. The van der Waals surface area contributed by atoms with Gasteiger partial charge in [0.1, 0.15) is 5.75 Å². The van der Waals surface area contributed by atoms with E-state index in [9.17, 15) is 18.0 Å². The number of nitrogens with zero attached hydrogens (tertiary/aromatic N) is 2. The quantitative estimate of drug-likeness (QED) is 0.641. The number of benzene rings is 2. The third-order valence-electron chi connectivity index (χ3n) is 5.95. The highest BCUT2D eigenvalue weighted by Gasteiger charge is 2.30. The summed E-state index contributed by atoms with van der Waals surface area (Å²) >= 11 is 0. The Balaban J connectivity index is 1.35. The van der Waals surface area contributed by atoms with Crippen LogP contribution in [0, 0.1) is 0 Å². The molecule has 164 valence electrons. The molecule has 1 aliphatic carbocycles. The van der Waals surface area contributed by atoms with Crippen LogP contribution in [-0.2, 0) is 27.7 Å². The third kappa shape index (κ3) is 4.65. The first-order valence-electron chi connectivity index (χ1n) is 10.6. The van der Waals surface area contributed by atoms with Crippen molar-refractivity contribution in [2.45, 2.75) is 30.6 Å². The Labute approximate surface area is 182 Å². The molecular formula is C23H26N2O5S. The van der Waals surface area contributed by atoms with Crippen molar-refractivity contribution in [2.24, 2.45) is 0 Å². The van der Waals surface area contributed by atoms with Crippen molar-refractivity contribution in [3.8, 4) is 5.75 Å². The van der Waals surface area contributed by atoms with E-state index in [2.05, 4.69) is 0 Å². The van der Waals surface area contributed by atoms with E-state index in [0.29, 0.717) is 35.6 Å². The number of aryl methyl sites for hydroxylation is 2. The van der Waals surface area contributed by atoms with Crippen LogP contribution in [0.2, 0.25) is 0 Å². The van der Waals surface area contributed by atoms with Gasteiger partial charge in [0.15, 0.2) is 12.9 Å². The van der Waals surface area contributed by atoms with E-state index in [-0.39, 0.29) is 25.6 Å².